The van der Waals surface area contributed by atoms with Gasteiger partial charge < -0.3 is 15.0 Å². The molecule has 0 atom stereocenters. The number of aromatic amines is 1. The number of aromatic nitrogens is 1. The van der Waals surface area contributed by atoms with Gasteiger partial charge in [0, 0.05) is 17.6 Å². The highest BCUT2D eigenvalue weighted by molar-refractivity contribution is 6.09. The summed E-state index contributed by atoms with van der Waals surface area (Å²) in [5.41, 5.74) is 4.21. The van der Waals surface area contributed by atoms with Crippen LogP contribution in [0.25, 0.3) is 21.7 Å². The van der Waals surface area contributed by atoms with Crippen molar-refractivity contribution in [2.24, 2.45) is 0 Å². The molecule has 4 aromatic rings. The van der Waals surface area contributed by atoms with Gasteiger partial charge in [-0.1, -0.05) is 30.3 Å². The molecule has 158 valence electrons. The Morgan fingerprint density at radius 1 is 1.00 bits per heavy atom. The van der Waals surface area contributed by atoms with Crippen LogP contribution in [0.2, 0.25) is 0 Å². The number of carbonyl (C=O) groups excluding carboxylic acids is 1. The normalized spacial score (nSPS) is 11.1. The lowest BCUT2D eigenvalue weighted by Crippen LogP contribution is -2.28. The Morgan fingerprint density at radius 3 is 2.58 bits per heavy atom. The van der Waals surface area contributed by atoms with E-state index in [1.807, 2.05) is 62.4 Å². The molecule has 0 aliphatic heterocycles. The number of benzene rings is 3. The Hall–Kier alpha value is -3.60. The van der Waals surface area contributed by atoms with E-state index in [0.29, 0.717) is 36.4 Å². The van der Waals surface area contributed by atoms with Gasteiger partial charge in [0.1, 0.15) is 5.75 Å². The zero-order chi connectivity index (χ0) is 22.0. The van der Waals surface area contributed by atoms with E-state index in [4.69, 9.17) is 4.74 Å². The molecular formula is C26H26N2O3. The van der Waals surface area contributed by atoms with Gasteiger partial charge in [-0.3, -0.25) is 9.59 Å². The molecule has 0 unspecified atom stereocenters. The van der Waals surface area contributed by atoms with Crippen molar-refractivity contribution < 1.29 is 9.53 Å². The Balaban J connectivity index is 1.56. The molecule has 5 heteroatoms. The minimum Gasteiger partial charge on any atom is -0.493 e. The largest absolute Gasteiger partial charge is 0.493 e. The van der Waals surface area contributed by atoms with Crippen molar-refractivity contribution in [3.8, 4) is 5.75 Å². The van der Waals surface area contributed by atoms with E-state index in [1.54, 1.807) is 0 Å². The number of aryl methyl sites for hydroxylation is 2. The summed E-state index contributed by atoms with van der Waals surface area (Å²) in [7, 11) is 0. The third-order valence-electron chi connectivity index (χ3n) is 5.63. The fourth-order valence-electron chi connectivity index (χ4n) is 3.87. The summed E-state index contributed by atoms with van der Waals surface area (Å²) in [6.07, 6.45) is 0.443. The summed E-state index contributed by atoms with van der Waals surface area (Å²) in [5, 5.41) is 5.79. The van der Waals surface area contributed by atoms with Gasteiger partial charge >= 0.3 is 0 Å². The average Bonchev–Trinajstić information content (AvgIpc) is 2.75. The predicted molar refractivity (Wildman–Crippen MR) is 125 cm³/mol. The monoisotopic (exact) mass is 414 g/mol. The number of nitrogens with one attached hydrogen (secondary N) is 2. The quantitative estimate of drug-likeness (QED) is 0.482. The Bertz CT molecular complexity index is 1340. The first-order valence-electron chi connectivity index (χ1n) is 10.5. The van der Waals surface area contributed by atoms with Crippen LogP contribution in [0.15, 0.2) is 59.4 Å². The fourth-order valence-corrected chi connectivity index (χ4v) is 3.87. The first-order chi connectivity index (χ1) is 15.0. The van der Waals surface area contributed by atoms with Gasteiger partial charge in [0.25, 0.3) is 11.5 Å². The minimum atomic E-state index is -0.205. The van der Waals surface area contributed by atoms with E-state index in [-0.39, 0.29) is 11.5 Å². The lowest BCUT2D eigenvalue weighted by Gasteiger charge is -2.13. The van der Waals surface area contributed by atoms with Crippen molar-refractivity contribution >= 4 is 27.6 Å². The SMILES string of the molecule is CCOc1ccc2ccccc2c1C(=O)NCCc1cc2cc(C)c(C)cc2[nH]c1=O. The molecule has 0 spiro atoms. The number of hydrogen-bond acceptors (Lipinski definition) is 3. The van der Waals surface area contributed by atoms with Crippen LogP contribution in [-0.2, 0) is 6.42 Å². The van der Waals surface area contributed by atoms with Crippen molar-refractivity contribution in [3.63, 3.8) is 0 Å². The second kappa shape index (κ2) is 8.64. The number of ether oxygens (including phenoxy) is 1. The third kappa shape index (κ3) is 4.17. The van der Waals surface area contributed by atoms with Gasteiger partial charge in [0.2, 0.25) is 0 Å². The van der Waals surface area contributed by atoms with Crippen LogP contribution < -0.4 is 15.6 Å². The van der Waals surface area contributed by atoms with E-state index < -0.39 is 0 Å². The summed E-state index contributed by atoms with van der Waals surface area (Å²) >= 11 is 0. The average molecular weight is 415 g/mol. The van der Waals surface area contributed by atoms with Crippen molar-refractivity contribution in [1.29, 1.82) is 0 Å². The van der Waals surface area contributed by atoms with Crippen LogP contribution in [0.4, 0.5) is 0 Å². The number of H-pyrrole nitrogens is 1. The van der Waals surface area contributed by atoms with Gasteiger partial charge in [-0.2, -0.15) is 0 Å². The number of amides is 1. The van der Waals surface area contributed by atoms with Crippen LogP contribution in [0.5, 0.6) is 5.75 Å². The second-order valence-corrected chi connectivity index (χ2v) is 7.75. The highest BCUT2D eigenvalue weighted by Crippen LogP contribution is 2.28. The minimum absolute atomic E-state index is 0.120. The maximum atomic E-state index is 13.0. The van der Waals surface area contributed by atoms with Crippen LogP contribution in [0, 0.1) is 13.8 Å². The molecule has 31 heavy (non-hydrogen) atoms. The predicted octanol–water partition coefficient (Wildman–Crippen LogP) is 4.67. The molecule has 0 fully saturated rings. The fraction of sp³-hybridized carbons (Fsp3) is 0.231. The maximum Gasteiger partial charge on any atom is 0.255 e. The maximum absolute atomic E-state index is 13.0. The molecule has 1 aromatic heterocycles. The van der Waals surface area contributed by atoms with Gasteiger partial charge in [0.15, 0.2) is 0 Å². The molecule has 2 N–H and O–H groups in total. The lowest BCUT2D eigenvalue weighted by molar-refractivity contribution is 0.0952. The molecule has 0 radical (unpaired) electrons. The summed E-state index contributed by atoms with van der Waals surface area (Å²) in [5.74, 6) is 0.358. The van der Waals surface area contributed by atoms with Gasteiger partial charge in [-0.15, -0.1) is 0 Å². The van der Waals surface area contributed by atoms with Crippen molar-refractivity contribution in [3.05, 3.63) is 87.2 Å². The van der Waals surface area contributed by atoms with Crippen LogP contribution in [-0.4, -0.2) is 24.0 Å². The zero-order valence-corrected chi connectivity index (χ0v) is 18.0. The van der Waals surface area contributed by atoms with Gasteiger partial charge in [-0.05, 0) is 78.7 Å². The molecule has 0 aliphatic rings. The van der Waals surface area contributed by atoms with Gasteiger partial charge in [-0.25, -0.2) is 0 Å². The first kappa shape index (κ1) is 20.7. The first-order valence-corrected chi connectivity index (χ1v) is 10.5. The summed E-state index contributed by atoms with van der Waals surface area (Å²) in [4.78, 5) is 28.5. The number of pyridine rings is 1. The molecule has 4 rings (SSSR count). The van der Waals surface area contributed by atoms with Crippen LogP contribution in [0.3, 0.4) is 0 Å². The molecular weight excluding hydrogens is 388 g/mol. The molecule has 0 saturated carbocycles. The Labute approximate surface area is 181 Å². The summed E-state index contributed by atoms with van der Waals surface area (Å²) in [6.45, 7) is 6.81. The molecule has 0 saturated heterocycles. The zero-order valence-electron chi connectivity index (χ0n) is 18.0. The molecule has 1 amide bonds. The van der Waals surface area contributed by atoms with E-state index in [0.717, 1.165) is 27.2 Å². The number of carbonyl (C=O) groups is 1. The number of fused-ring (bicyclic) bond motifs is 2. The standard InChI is InChI=1S/C26H26N2O3/c1-4-31-23-10-9-18-7-5-6-8-21(18)24(23)26(30)27-12-11-19-15-20-13-16(2)17(3)14-22(20)28-25(19)29/h5-10,13-15H,4,11-12H2,1-3H3,(H,27,30)(H,28,29). The Kier molecular flexibility index (Phi) is 5.76. The Morgan fingerprint density at radius 2 is 1.77 bits per heavy atom. The molecule has 3 aromatic carbocycles. The highest BCUT2D eigenvalue weighted by Gasteiger charge is 2.16. The number of rotatable bonds is 6. The van der Waals surface area contributed by atoms with Crippen LogP contribution >= 0.6 is 0 Å². The van der Waals surface area contributed by atoms with Crippen molar-refractivity contribution in [2.45, 2.75) is 27.2 Å². The summed E-state index contributed by atoms with van der Waals surface area (Å²) in [6, 6.07) is 17.5. The molecule has 1 heterocycles. The molecule has 5 nitrogen and oxygen atoms in total. The van der Waals surface area contributed by atoms with Crippen LogP contribution in [0.1, 0.15) is 34.0 Å². The van der Waals surface area contributed by atoms with Crippen molar-refractivity contribution in [2.75, 3.05) is 13.2 Å². The summed E-state index contributed by atoms with van der Waals surface area (Å²) < 4.78 is 5.70. The highest BCUT2D eigenvalue weighted by atomic mass is 16.5. The smallest absolute Gasteiger partial charge is 0.255 e. The lowest BCUT2D eigenvalue weighted by atomic mass is 10.0. The topological polar surface area (TPSA) is 71.2 Å². The second-order valence-electron chi connectivity index (χ2n) is 7.75. The van der Waals surface area contributed by atoms with Gasteiger partial charge in [0.05, 0.1) is 12.2 Å². The van der Waals surface area contributed by atoms with E-state index >= 15 is 0 Å². The number of hydrogen-bond donors (Lipinski definition) is 2. The van der Waals surface area contributed by atoms with Crippen molar-refractivity contribution in [1.82, 2.24) is 10.3 Å². The third-order valence-corrected chi connectivity index (χ3v) is 5.63. The molecule has 0 bridgehead atoms. The van der Waals surface area contributed by atoms with E-state index in [2.05, 4.69) is 23.3 Å². The van der Waals surface area contributed by atoms with E-state index in [1.165, 1.54) is 5.56 Å². The molecule has 0 aliphatic carbocycles. The van der Waals surface area contributed by atoms with E-state index in [9.17, 15) is 9.59 Å².